The first-order chi connectivity index (χ1) is 8.83. The molecule has 0 saturated heterocycles. The number of rotatable bonds is 3. The minimum Gasteiger partial charge on any atom is -0.369 e. The van der Waals surface area contributed by atoms with Crippen LogP contribution in [-0.4, -0.2) is 16.5 Å². The molecule has 0 spiro atoms. The number of benzene rings is 1. The maximum absolute atomic E-state index is 5.96. The molecule has 1 N–H and O–H groups in total. The fourth-order valence-corrected chi connectivity index (χ4v) is 2.81. The number of fused-ring (bicyclic) bond motifs is 1. The number of halogens is 1. The minimum atomic E-state index is 0.308. The van der Waals surface area contributed by atoms with E-state index in [1.807, 2.05) is 24.3 Å². The van der Waals surface area contributed by atoms with E-state index in [4.69, 9.17) is 11.6 Å². The molecule has 1 aliphatic rings. The number of aromatic nitrogens is 2. The summed E-state index contributed by atoms with van der Waals surface area (Å²) in [5.74, 6) is 1.63. The molecule has 0 bridgehead atoms. The fourth-order valence-electron chi connectivity index (χ4n) is 2.64. The quantitative estimate of drug-likeness (QED) is 0.852. The third-order valence-electron chi connectivity index (χ3n) is 3.61. The highest BCUT2D eigenvalue weighted by Crippen LogP contribution is 2.26. The highest BCUT2D eigenvalue weighted by molar-refractivity contribution is 6.28. The molecule has 94 valence electrons. The molecule has 1 aromatic carbocycles. The zero-order valence-electron chi connectivity index (χ0n) is 10.2. The number of nitrogens with zero attached hydrogens (tertiary/aromatic N) is 2. The molecule has 0 radical (unpaired) electrons. The summed E-state index contributed by atoms with van der Waals surface area (Å²) in [5, 5.41) is 4.78. The van der Waals surface area contributed by atoms with Crippen molar-refractivity contribution < 1.29 is 0 Å². The summed E-state index contributed by atoms with van der Waals surface area (Å²) < 4.78 is 0. The maximum atomic E-state index is 5.96. The van der Waals surface area contributed by atoms with Crippen molar-refractivity contribution >= 4 is 28.3 Å². The van der Waals surface area contributed by atoms with Crippen LogP contribution in [0.2, 0.25) is 5.28 Å². The molecule has 0 amide bonds. The predicted molar refractivity (Wildman–Crippen MR) is 75.0 cm³/mol. The molecule has 1 aliphatic carbocycles. The lowest BCUT2D eigenvalue weighted by Crippen LogP contribution is -2.12. The third-order valence-corrected chi connectivity index (χ3v) is 3.78. The Bertz CT molecular complexity index is 550. The van der Waals surface area contributed by atoms with E-state index >= 15 is 0 Å². The summed E-state index contributed by atoms with van der Waals surface area (Å²) in [6.07, 6.45) is 5.36. The van der Waals surface area contributed by atoms with E-state index in [2.05, 4.69) is 15.3 Å². The van der Waals surface area contributed by atoms with E-state index in [1.54, 1.807) is 0 Å². The number of hydrogen-bond acceptors (Lipinski definition) is 3. The average molecular weight is 262 g/mol. The first-order valence-corrected chi connectivity index (χ1v) is 6.87. The largest absolute Gasteiger partial charge is 0.369 e. The van der Waals surface area contributed by atoms with Gasteiger partial charge in [-0.15, -0.1) is 0 Å². The second-order valence-corrected chi connectivity index (χ2v) is 5.23. The van der Waals surface area contributed by atoms with Gasteiger partial charge >= 0.3 is 0 Å². The minimum absolute atomic E-state index is 0.308. The monoisotopic (exact) mass is 261 g/mol. The topological polar surface area (TPSA) is 37.8 Å². The molecule has 0 atom stereocenters. The Morgan fingerprint density at radius 1 is 1.17 bits per heavy atom. The van der Waals surface area contributed by atoms with Gasteiger partial charge in [-0.1, -0.05) is 25.0 Å². The lowest BCUT2D eigenvalue weighted by molar-refractivity contribution is 0.579. The summed E-state index contributed by atoms with van der Waals surface area (Å²) in [4.78, 5) is 8.54. The van der Waals surface area contributed by atoms with Crippen LogP contribution in [0.3, 0.4) is 0 Å². The number of para-hydroxylation sites is 1. The highest BCUT2D eigenvalue weighted by atomic mass is 35.5. The second-order valence-electron chi connectivity index (χ2n) is 4.89. The highest BCUT2D eigenvalue weighted by Gasteiger charge is 2.15. The Hall–Kier alpha value is -1.35. The van der Waals surface area contributed by atoms with Gasteiger partial charge in [0.2, 0.25) is 5.28 Å². The van der Waals surface area contributed by atoms with Crippen LogP contribution in [0.25, 0.3) is 10.9 Å². The first kappa shape index (κ1) is 11.7. The van der Waals surface area contributed by atoms with Crippen LogP contribution in [0.1, 0.15) is 25.7 Å². The lowest BCUT2D eigenvalue weighted by Gasteiger charge is -2.12. The summed E-state index contributed by atoms with van der Waals surface area (Å²) >= 11 is 5.96. The normalized spacial score (nSPS) is 16.3. The molecule has 1 saturated carbocycles. The molecule has 1 aromatic heterocycles. The van der Waals surface area contributed by atoms with Gasteiger partial charge < -0.3 is 5.32 Å². The van der Waals surface area contributed by atoms with Crippen LogP contribution in [0, 0.1) is 5.92 Å². The predicted octanol–water partition coefficient (Wildman–Crippen LogP) is 3.89. The van der Waals surface area contributed by atoms with E-state index in [0.29, 0.717) is 5.28 Å². The molecule has 18 heavy (non-hydrogen) atoms. The van der Waals surface area contributed by atoms with Crippen LogP contribution in [0.5, 0.6) is 0 Å². The Morgan fingerprint density at radius 2 is 1.94 bits per heavy atom. The van der Waals surface area contributed by atoms with Gasteiger partial charge in [0.25, 0.3) is 0 Å². The summed E-state index contributed by atoms with van der Waals surface area (Å²) in [5.41, 5.74) is 0.895. The van der Waals surface area contributed by atoms with Gasteiger partial charge in [0.05, 0.1) is 5.52 Å². The van der Waals surface area contributed by atoms with Gasteiger partial charge in [-0.25, -0.2) is 9.97 Å². The van der Waals surface area contributed by atoms with Crippen molar-refractivity contribution in [2.75, 3.05) is 11.9 Å². The maximum Gasteiger partial charge on any atom is 0.224 e. The molecule has 1 fully saturated rings. The van der Waals surface area contributed by atoms with Crippen LogP contribution in [-0.2, 0) is 0 Å². The number of hydrogen-bond donors (Lipinski definition) is 1. The van der Waals surface area contributed by atoms with E-state index in [-0.39, 0.29) is 0 Å². The van der Waals surface area contributed by atoms with Crippen LogP contribution in [0.4, 0.5) is 5.82 Å². The molecule has 4 heteroatoms. The van der Waals surface area contributed by atoms with Crippen molar-refractivity contribution in [3.05, 3.63) is 29.5 Å². The Labute approximate surface area is 112 Å². The van der Waals surface area contributed by atoms with Crippen molar-refractivity contribution in [2.45, 2.75) is 25.7 Å². The number of nitrogens with one attached hydrogen (secondary N) is 1. The molecule has 1 heterocycles. The third kappa shape index (κ3) is 2.41. The molecule has 3 nitrogen and oxygen atoms in total. The van der Waals surface area contributed by atoms with E-state index in [0.717, 1.165) is 29.2 Å². The molecule has 3 rings (SSSR count). The molecular weight excluding hydrogens is 246 g/mol. The zero-order chi connectivity index (χ0) is 12.4. The van der Waals surface area contributed by atoms with Gasteiger partial charge in [0, 0.05) is 11.9 Å². The zero-order valence-corrected chi connectivity index (χ0v) is 11.0. The molecule has 2 aromatic rings. The standard InChI is InChI=1S/C14H16ClN3/c15-14-17-12-8-4-3-7-11(12)13(18-14)16-9-10-5-1-2-6-10/h3-4,7-8,10H,1-2,5-6,9H2,(H,16,17,18). The van der Waals surface area contributed by atoms with Crippen molar-refractivity contribution in [3.63, 3.8) is 0 Å². The van der Waals surface area contributed by atoms with E-state index < -0.39 is 0 Å². The van der Waals surface area contributed by atoms with Gasteiger partial charge in [-0.05, 0) is 42.5 Å². The Kier molecular flexibility index (Phi) is 3.33. The van der Waals surface area contributed by atoms with Crippen molar-refractivity contribution in [1.29, 1.82) is 0 Å². The van der Waals surface area contributed by atoms with Crippen molar-refractivity contribution in [1.82, 2.24) is 9.97 Å². The smallest absolute Gasteiger partial charge is 0.224 e. The van der Waals surface area contributed by atoms with Crippen LogP contribution < -0.4 is 5.32 Å². The molecular formula is C14H16ClN3. The molecule has 0 unspecified atom stereocenters. The van der Waals surface area contributed by atoms with Crippen molar-refractivity contribution in [3.8, 4) is 0 Å². The van der Waals surface area contributed by atoms with Crippen molar-refractivity contribution in [2.24, 2.45) is 5.92 Å². The Balaban J connectivity index is 1.85. The van der Waals surface area contributed by atoms with Gasteiger partial charge in [-0.3, -0.25) is 0 Å². The van der Waals surface area contributed by atoms with E-state index in [9.17, 15) is 0 Å². The van der Waals surface area contributed by atoms with Gasteiger partial charge in [0.1, 0.15) is 5.82 Å². The first-order valence-electron chi connectivity index (χ1n) is 6.49. The average Bonchev–Trinajstić information content (AvgIpc) is 2.89. The fraction of sp³-hybridized carbons (Fsp3) is 0.429. The van der Waals surface area contributed by atoms with Crippen LogP contribution >= 0.6 is 11.6 Å². The lowest BCUT2D eigenvalue weighted by atomic mass is 10.1. The summed E-state index contributed by atoms with van der Waals surface area (Å²) in [6, 6.07) is 7.96. The molecule has 0 aliphatic heterocycles. The SMILES string of the molecule is Clc1nc(NCC2CCCC2)c2ccccc2n1. The van der Waals surface area contributed by atoms with Gasteiger partial charge in [0.15, 0.2) is 0 Å². The van der Waals surface area contributed by atoms with Crippen LogP contribution in [0.15, 0.2) is 24.3 Å². The number of anilines is 1. The Morgan fingerprint density at radius 3 is 2.78 bits per heavy atom. The second kappa shape index (κ2) is 5.11. The van der Waals surface area contributed by atoms with E-state index in [1.165, 1.54) is 25.7 Å². The van der Waals surface area contributed by atoms with Gasteiger partial charge in [-0.2, -0.15) is 0 Å². The summed E-state index contributed by atoms with van der Waals surface area (Å²) in [6.45, 7) is 0.983. The summed E-state index contributed by atoms with van der Waals surface area (Å²) in [7, 11) is 0.